The van der Waals surface area contributed by atoms with E-state index in [-0.39, 0.29) is 5.91 Å². The predicted octanol–water partition coefficient (Wildman–Crippen LogP) is 7.48. The van der Waals surface area contributed by atoms with Crippen molar-refractivity contribution >= 4 is 48.5 Å². The summed E-state index contributed by atoms with van der Waals surface area (Å²) >= 11 is 1.60. The largest absolute Gasteiger partial charge is 0.465 e. The van der Waals surface area contributed by atoms with Gasteiger partial charge in [0, 0.05) is 34.8 Å². The van der Waals surface area contributed by atoms with Gasteiger partial charge in [-0.3, -0.25) is 9.69 Å². The van der Waals surface area contributed by atoms with E-state index in [2.05, 4.69) is 23.3 Å². The maximum Gasteiger partial charge on any atom is 0.412 e. The molecule has 2 N–H and O–H groups in total. The van der Waals surface area contributed by atoms with Crippen molar-refractivity contribution in [2.24, 2.45) is 0 Å². The van der Waals surface area contributed by atoms with Crippen LogP contribution in [0.3, 0.4) is 0 Å². The van der Waals surface area contributed by atoms with Crippen molar-refractivity contribution in [1.29, 1.82) is 0 Å². The van der Waals surface area contributed by atoms with Crippen LogP contribution in [0, 0.1) is 0 Å². The van der Waals surface area contributed by atoms with Crippen LogP contribution in [-0.4, -0.2) is 43.8 Å². The van der Waals surface area contributed by atoms with Crippen molar-refractivity contribution in [3.63, 3.8) is 0 Å². The van der Waals surface area contributed by atoms with Crippen LogP contribution in [0.15, 0.2) is 60.0 Å². The minimum atomic E-state index is -1.07. The Morgan fingerprint density at radius 2 is 1.69 bits per heavy atom. The molecule has 8 heteroatoms. The number of carbonyl (C=O) groups excluding carboxylic acids is 1. The minimum Gasteiger partial charge on any atom is -0.465 e. The third-order valence-electron chi connectivity index (χ3n) is 6.77. The van der Waals surface area contributed by atoms with Gasteiger partial charge in [-0.1, -0.05) is 25.2 Å². The van der Waals surface area contributed by atoms with Gasteiger partial charge in [0.05, 0.1) is 19.4 Å². The van der Waals surface area contributed by atoms with Gasteiger partial charge in [-0.25, -0.2) is 4.79 Å². The normalized spacial score (nSPS) is 15.4. The van der Waals surface area contributed by atoms with Crippen LogP contribution in [0.5, 0.6) is 0 Å². The molecule has 1 aliphatic rings. The summed E-state index contributed by atoms with van der Waals surface area (Å²) in [6, 6.07) is 19.8. The second-order valence-electron chi connectivity index (χ2n) is 11.2. The van der Waals surface area contributed by atoms with E-state index in [0.717, 1.165) is 29.2 Å². The second kappa shape index (κ2) is 10.1. The van der Waals surface area contributed by atoms with Gasteiger partial charge in [0.25, 0.3) is 5.91 Å². The number of rotatable bonds is 5. The molecule has 2 heterocycles. The summed E-state index contributed by atoms with van der Waals surface area (Å²) in [6.07, 6.45) is -1.07. The fourth-order valence-corrected chi connectivity index (χ4v) is 7.29. The van der Waals surface area contributed by atoms with Crippen LogP contribution in [-0.2, 0) is 0 Å². The molecule has 1 aliphatic heterocycles. The van der Waals surface area contributed by atoms with Crippen LogP contribution >= 0.6 is 11.3 Å². The molecule has 0 unspecified atom stereocenters. The number of nitrogens with one attached hydrogen (secondary N) is 1. The highest BCUT2D eigenvalue weighted by Gasteiger charge is 2.31. The number of benzene rings is 2. The molecule has 6 nitrogen and oxygen atoms in total. The van der Waals surface area contributed by atoms with Crippen molar-refractivity contribution in [3.05, 3.63) is 65.5 Å². The van der Waals surface area contributed by atoms with E-state index < -0.39 is 19.7 Å². The van der Waals surface area contributed by atoms with E-state index in [9.17, 15) is 14.7 Å². The number of hydrogen-bond acceptors (Lipinski definition) is 4. The van der Waals surface area contributed by atoms with Gasteiger partial charge < -0.3 is 15.3 Å². The zero-order valence-electron chi connectivity index (χ0n) is 21.7. The van der Waals surface area contributed by atoms with Gasteiger partial charge in [-0.05, 0) is 86.3 Å². The first kappa shape index (κ1) is 26.0. The van der Waals surface area contributed by atoms with Crippen LogP contribution in [0.25, 0.3) is 10.4 Å². The molecular weight excluding hydrogens is 486 g/mol. The molecule has 3 aromatic rings. The standard InChI is InChI=1S/C28H35N3O3SSi/c1-28(2,3)31(27(33)34)24-13-10-21(25-7-6-16-35-25)19-23(24)29-26(32)20-8-11-22(12-9-20)30-14-17-36(4,5)18-15-30/h6-13,16,19H,14-15,17-18H2,1-5H3,(H,29,32)(H,33,34). The van der Waals surface area contributed by atoms with Crippen molar-refractivity contribution in [2.75, 3.05) is 28.2 Å². The quantitative estimate of drug-likeness (QED) is 0.341. The average molecular weight is 522 g/mol. The number of anilines is 3. The number of nitrogens with zero attached hydrogens (tertiary/aromatic N) is 2. The van der Waals surface area contributed by atoms with Crippen LogP contribution in [0.2, 0.25) is 25.2 Å². The Bertz CT molecular complexity index is 1220. The summed E-state index contributed by atoms with van der Waals surface area (Å²) in [6.45, 7) is 12.5. The summed E-state index contributed by atoms with van der Waals surface area (Å²) in [7, 11) is -1.05. The summed E-state index contributed by atoms with van der Waals surface area (Å²) < 4.78 is 0. The lowest BCUT2D eigenvalue weighted by Gasteiger charge is -2.37. The molecule has 0 bridgehead atoms. The Balaban J connectivity index is 1.61. The molecule has 2 amide bonds. The Morgan fingerprint density at radius 3 is 2.25 bits per heavy atom. The lowest BCUT2D eigenvalue weighted by atomic mass is 10.0. The molecule has 0 atom stereocenters. The van der Waals surface area contributed by atoms with Gasteiger partial charge in [0.1, 0.15) is 0 Å². The van der Waals surface area contributed by atoms with Gasteiger partial charge in [0.15, 0.2) is 0 Å². The number of amides is 2. The van der Waals surface area contributed by atoms with E-state index in [0.29, 0.717) is 16.9 Å². The Labute approximate surface area is 218 Å². The van der Waals surface area contributed by atoms with Gasteiger partial charge in [-0.15, -0.1) is 11.3 Å². The second-order valence-corrected chi connectivity index (χ2v) is 17.4. The molecule has 0 saturated carbocycles. The third kappa shape index (κ3) is 5.82. The maximum absolute atomic E-state index is 13.3. The summed E-state index contributed by atoms with van der Waals surface area (Å²) in [4.78, 5) is 30.2. The number of thiophene rings is 1. The minimum absolute atomic E-state index is 0.266. The molecule has 0 spiro atoms. The molecule has 0 radical (unpaired) electrons. The highest BCUT2D eigenvalue weighted by molar-refractivity contribution is 7.13. The molecular formula is C28H35N3O3SSi. The van der Waals surface area contributed by atoms with Gasteiger partial charge >= 0.3 is 6.09 Å². The molecule has 1 fully saturated rings. The first-order valence-electron chi connectivity index (χ1n) is 12.3. The number of carbonyl (C=O) groups is 2. The first-order chi connectivity index (χ1) is 16.9. The van der Waals surface area contributed by atoms with E-state index in [1.807, 2.05) is 74.7 Å². The predicted molar refractivity (Wildman–Crippen MR) is 154 cm³/mol. The van der Waals surface area contributed by atoms with E-state index in [1.54, 1.807) is 17.4 Å². The third-order valence-corrected chi connectivity index (χ3v) is 10.8. The highest BCUT2D eigenvalue weighted by atomic mass is 32.1. The van der Waals surface area contributed by atoms with Crippen LogP contribution in [0.4, 0.5) is 21.9 Å². The lowest BCUT2D eigenvalue weighted by molar-refractivity contribution is 0.102. The fourth-order valence-electron chi connectivity index (χ4n) is 4.57. The Kier molecular flexibility index (Phi) is 7.29. The first-order valence-corrected chi connectivity index (χ1v) is 16.6. The molecule has 4 rings (SSSR count). The van der Waals surface area contributed by atoms with Crippen molar-refractivity contribution < 1.29 is 14.7 Å². The fraction of sp³-hybridized carbons (Fsp3) is 0.357. The van der Waals surface area contributed by atoms with E-state index in [1.165, 1.54) is 17.0 Å². The smallest absolute Gasteiger partial charge is 0.412 e. The number of hydrogen-bond donors (Lipinski definition) is 2. The van der Waals surface area contributed by atoms with Crippen LogP contribution in [0.1, 0.15) is 31.1 Å². The topological polar surface area (TPSA) is 72.9 Å². The van der Waals surface area contributed by atoms with Crippen LogP contribution < -0.4 is 15.1 Å². The summed E-state index contributed by atoms with van der Waals surface area (Å²) in [5.41, 5.74) is 2.83. The van der Waals surface area contributed by atoms with E-state index in [4.69, 9.17) is 0 Å². The van der Waals surface area contributed by atoms with Crippen molar-refractivity contribution in [1.82, 2.24) is 0 Å². The monoisotopic (exact) mass is 521 g/mol. The zero-order chi connectivity index (χ0) is 26.1. The molecule has 0 aliphatic carbocycles. The maximum atomic E-state index is 13.3. The van der Waals surface area contributed by atoms with Crippen molar-refractivity contribution in [3.8, 4) is 10.4 Å². The summed E-state index contributed by atoms with van der Waals surface area (Å²) in [5, 5.41) is 15.0. The molecule has 2 aromatic carbocycles. The molecule has 1 aromatic heterocycles. The number of carboxylic acid groups (broad SMARTS) is 1. The Hall–Kier alpha value is -3.10. The lowest BCUT2D eigenvalue weighted by Crippen LogP contribution is -2.45. The van der Waals surface area contributed by atoms with Gasteiger partial charge in [0.2, 0.25) is 0 Å². The van der Waals surface area contributed by atoms with Crippen molar-refractivity contribution in [2.45, 2.75) is 51.5 Å². The SMILES string of the molecule is CC(C)(C)N(C(=O)O)c1ccc(-c2cccs2)cc1NC(=O)c1ccc(N2CC[Si](C)(C)CC2)cc1. The average Bonchev–Trinajstić information content (AvgIpc) is 3.34. The zero-order valence-corrected chi connectivity index (χ0v) is 23.5. The highest BCUT2D eigenvalue weighted by Crippen LogP contribution is 2.37. The molecule has 1 saturated heterocycles. The summed E-state index contributed by atoms with van der Waals surface area (Å²) in [5.74, 6) is -0.266. The van der Waals surface area contributed by atoms with E-state index >= 15 is 0 Å². The Morgan fingerprint density at radius 1 is 1.03 bits per heavy atom. The van der Waals surface area contributed by atoms with Gasteiger partial charge in [-0.2, -0.15) is 0 Å². The molecule has 190 valence electrons. The molecule has 36 heavy (non-hydrogen) atoms.